The first-order valence-corrected chi connectivity index (χ1v) is 15.2. The number of hydrogen-bond donors (Lipinski definition) is 2. The number of carbonyl (C=O) groups excluding carboxylic acids is 1. The van der Waals surface area contributed by atoms with Crippen LogP contribution in [-0.2, 0) is 10.0 Å². The third kappa shape index (κ3) is 5.35. The first-order valence-electron chi connectivity index (χ1n) is 13.3. The van der Waals surface area contributed by atoms with Gasteiger partial charge in [-0.25, -0.2) is 17.9 Å². The van der Waals surface area contributed by atoms with Crippen molar-refractivity contribution in [3.8, 4) is 0 Å². The molecular formula is C27H37N7O3S. The van der Waals surface area contributed by atoms with Gasteiger partial charge in [0.1, 0.15) is 5.82 Å². The highest BCUT2D eigenvalue weighted by Crippen LogP contribution is 2.34. The van der Waals surface area contributed by atoms with Crippen LogP contribution >= 0.6 is 0 Å². The second kappa shape index (κ2) is 10.2. The minimum absolute atomic E-state index is 0.199. The summed E-state index contributed by atoms with van der Waals surface area (Å²) in [6, 6.07) is 7.68. The van der Waals surface area contributed by atoms with Crippen LogP contribution < -0.4 is 14.9 Å². The lowest BCUT2D eigenvalue weighted by atomic mass is 9.97. The average Bonchev–Trinajstić information content (AvgIpc) is 3.27. The van der Waals surface area contributed by atoms with E-state index in [-0.39, 0.29) is 11.9 Å². The van der Waals surface area contributed by atoms with Crippen LogP contribution in [0, 0.1) is 13.8 Å². The van der Waals surface area contributed by atoms with Crippen LogP contribution in [0.15, 0.2) is 30.5 Å². The number of piperazine rings is 1. The third-order valence-electron chi connectivity index (χ3n) is 7.47. The van der Waals surface area contributed by atoms with Crippen molar-refractivity contribution in [1.29, 1.82) is 0 Å². The number of amides is 1. The summed E-state index contributed by atoms with van der Waals surface area (Å²) < 4.78 is 28.3. The van der Waals surface area contributed by atoms with Crippen LogP contribution in [-0.4, -0.2) is 71.8 Å². The van der Waals surface area contributed by atoms with Gasteiger partial charge < -0.3 is 15.1 Å². The second-order valence-corrected chi connectivity index (χ2v) is 12.6. The van der Waals surface area contributed by atoms with E-state index < -0.39 is 10.0 Å². The van der Waals surface area contributed by atoms with Crippen molar-refractivity contribution in [2.24, 2.45) is 0 Å². The van der Waals surface area contributed by atoms with Crippen molar-refractivity contribution in [2.45, 2.75) is 65.1 Å². The molecule has 38 heavy (non-hydrogen) atoms. The molecule has 0 spiro atoms. The molecule has 0 radical (unpaired) electrons. The monoisotopic (exact) mass is 539 g/mol. The maximum Gasteiger partial charge on any atom is 0.256 e. The smallest absolute Gasteiger partial charge is 0.256 e. The molecule has 2 aliphatic heterocycles. The number of rotatable bonds is 5. The van der Waals surface area contributed by atoms with Crippen molar-refractivity contribution in [2.75, 3.05) is 35.5 Å². The lowest BCUT2D eigenvalue weighted by molar-refractivity contribution is 0.0606. The largest absolute Gasteiger partial charge is 0.351 e. The maximum atomic E-state index is 13.9. The van der Waals surface area contributed by atoms with Crippen molar-refractivity contribution in [3.05, 3.63) is 52.8 Å². The number of nitrogens with zero attached hydrogens (tertiary/aromatic N) is 5. The molecule has 2 N–H and O–H groups in total. The molecule has 0 saturated carbocycles. The molecule has 10 nitrogen and oxygen atoms in total. The summed E-state index contributed by atoms with van der Waals surface area (Å²) in [6.45, 7) is 10.7. The van der Waals surface area contributed by atoms with E-state index in [0.29, 0.717) is 29.9 Å². The molecule has 3 atom stereocenters. The minimum Gasteiger partial charge on any atom is -0.351 e. The Hall–Kier alpha value is -3.18. The predicted molar refractivity (Wildman–Crippen MR) is 149 cm³/mol. The topological polar surface area (TPSA) is 112 Å². The average molecular weight is 540 g/mol. The first kappa shape index (κ1) is 26.4. The molecule has 1 aromatic carbocycles. The normalized spacial score (nSPS) is 22.6. The molecule has 1 amide bonds. The Balaban J connectivity index is 1.49. The lowest BCUT2D eigenvalue weighted by Crippen LogP contribution is -2.55. The number of hydrogen-bond acceptors (Lipinski definition) is 7. The summed E-state index contributed by atoms with van der Waals surface area (Å²) in [5.74, 6) is 0.771. The fourth-order valence-corrected chi connectivity index (χ4v) is 6.13. The molecule has 2 fully saturated rings. The number of fused-ring (bicyclic) bond motifs is 1. The summed E-state index contributed by atoms with van der Waals surface area (Å²) in [4.78, 5) is 23.1. The number of sulfonamides is 1. The van der Waals surface area contributed by atoms with Crippen molar-refractivity contribution < 1.29 is 13.2 Å². The van der Waals surface area contributed by atoms with Crippen molar-refractivity contribution in [1.82, 2.24) is 24.8 Å². The van der Waals surface area contributed by atoms with Crippen LogP contribution in [0.25, 0.3) is 5.65 Å². The van der Waals surface area contributed by atoms with Gasteiger partial charge in [0.25, 0.3) is 5.91 Å². The number of carbonyl (C=O) groups is 1. The van der Waals surface area contributed by atoms with Crippen LogP contribution in [0.4, 0.5) is 11.5 Å². The molecule has 204 valence electrons. The van der Waals surface area contributed by atoms with Gasteiger partial charge in [-0.2, -0.15) is 5.10 Å². The van der Waals surface area contributed by atoms with Gasteiger partial charge in [0.2, 0.25) is 10.0 Å². The number of piperidine rings is 1. The Morgan fingerprint density at radius 3 is 2.71 bits per heavy atom. The zero-order chi connectivity index (χ0) is 27.2. The van der Waals surface area contributed by atoms with Gasteiger partial charge in [-0.3, -0.25) is 9.52 Å². The highest BCUT2D eigenvalue weighted by molar-refractivity contribution is 7.92. The van der Waals surface area contributed by atoms with E-state index in [1.54, 1.807) is 18.2 Å². The zero-order valence-electron chi connectivity index (χ0n) is 22.7. The maximum absolute atomic E-state index is 13.9. The molecule has 5 rings (SSSR count). The van der Waals surface area contributed by atoms with E-state index in [2.05, 4.69) is 35.7 Å². The second-order valence-electron chi connectivity index (χ2n) is 10.9. The molecule has 2 aliphatic rings. The van der Waals surface area contributed by atoms with E-state index in [1.165, 1.54) is 0 Å². The van der Waals surface area contributed by atoms with Crippen LogP contribution in [0.5, 0.6) is 0 Å². The Labute approximate surface area is 224 Å². The number of anilines is 2. The number of aromatic nitrogens is 3. The van der Waals surface area contributed by atoms with E-state index in [0.717, 1.165) is 66.9 Å². The quantitative estimate of drug-likeness (QED) is 0.512. The standard InChI is InChI=1S/C27H37N7O3S/c1-17-9-10-22(31-38(5,36)37)21(12-17)27(35)32-11-7-6-8-24(32)23-13-25-29-26(18(2)15-34(25)30-23)33-16-19(3)28-14-20(33)4/h9-10,12-13,15,19-20,24,28,31H,6-8,11,14,16H2,1-5H3/t19-,20+,24-/m0/s1. The molecule has 2 saturated heterocycles. The summed E-state index contributed by atoms with van der Waals surface area (Å²) in [7, 11) is -3.54. The van der Waals surface area contributed by atoms with E-state index in [9.17, 15) is 13.2 Å². The van der Waals surface area contributed by atoms with Gasteiger partial charge in [0, 0.05) is 49.5 Å². The van der Waals surface area contributed by atoms with Crippen molar-refractivity contribution in [3.63, 3.8) is 0 Å². The molecule has 2 aromatic heterocycles. The van der Waals surface area contributed by atoms with Crippen LogP contribution in [0.3, 0.4) is 0 Å². The molecule has 4 heterocycles. The Bertz CT molecular complexity index is 1470. The van der Waals surface area contributed by atoms with E-state index >= 15 is 0 Å². The molecule has 0 aliphatic carbocycles. The number of aryl methyl sites for hydroxylation is 2. The van der Waals surface area contributed by atoms with E-state index in [1.807, 2.05) is 28.6 Å². The number of benzene rings is 1. The molecular weight excluding hydrogens is 502 g/mol. The summed E-state index contributed by atoms with van der Waals surface area (Å²) >= 11 is 0. The van der Waals surface area contributed by atoms with Gasteiger partial charge >= 0.3 is 0 Å². The lowest BCUT2D eigenvalue weighted by Gasteiger charge is -2.39. The van der Waals surface area contributed by atoms with Gasteiger partial charge in [0.15, 0.2) is 5.65 Å². The summed E-state index contributed by atoms with van der Waals surface area (Å²) in [6.07, 6.45) is 5.76. The van der Waals surface area contributed by atoms with Gasteiger partial charge in [-0.1, -0.05) is 11.6 Å². The summed E-state index contributed by atoms with van der Waals surface area (Å²) in [5.41, 5.74) is 4.15. The van der Waals surface area contributed by atoms with E-state index in [4.69, 9.17) is 10.1 Å². The molecule has 0 unspecified atom stereocenters. The molecule has 3 aromatic rings. The van der Waals surface area contributed by atoms with Gasteiger partial charge in [0.05, 0.1) is 29.2 Å². The van der Waals surface area contributed by atoms with Crippen LogP contribution in [0.1, 0.15) is 66.3 Å². The predicted octanol–water partition coefficient (Wildman–Crippen LogP) is 3.27. The fraction of sp³-hybridized carbons (Fsp3) is 0.519. The number of likely N-dealkylation sites (tertiary alicyclic amines) is 1. The third-order valence-corrected chi connectivity index (χ3v) is 8.06. The molecule has 11 heteroatoms. The zero-order valence-corrected chi connectivity index (χ0v) is 23.5. The van der Waals surface area contributed by atoms with Crippen molar-refractivity contribution >= 4 is 33.1 Å². The highest BCUT2D eigenvalue weighted by atomic mass is 32.2. The highest BCUT2D eigenvalue weighted by Gasteiger charge is 2.32. The van der Waals surface area contributed by atoms with Crippen LogP contribution in [0.2, 0.25) is 0 Å². The van der Waals surface area contributed by atoms with Gasteiger partial charge in [-0.15, -0.1) is 0 Å². The Morgan fingerprint density at radius 2 is 1.95 bits per heavy atom. The Kier molecular flexibility index (Phi) is 7.08. The molecule has 0 bridgehead atoms. The van der Waals surface area contributed by atoms with Gasteiger partial charge in [-0.05, 0) is 59.1 Å². The summed E-state index contributed by atoms with van der Waals surface area (Å²) in [5, 5.41) is 8.38. The SMILES string of the molecule is Cc1ccc(NS(C)(=O)=O)c(C(=O)N2CCCC[C@H]2c2cc3nc(N4C[C@H](C)NC[C@H]4C)c(C)cn3n2)c1. The first-order chi connectivity index (χ1) is 18.0. The fourth-order valence-electron chi connectivity index (χ4n) is 5.55. The Morgan fingerprint density at radius 1 is 1.16 bits per heavy atom. The number of nitrogens with one attached hydrogen (secondary N) is 2. The minimum atomic E-state index is -3.54.